The SMILES string of the molecule is Cc1ccc(C(=O)N2CCN(C(=O)N3C[C@H]4C[C@H](C3)[C@H]3CCCC(=O)N3C4)CC2)cn1. The van der Waals surface area contributed by atoms with Crippen molar-refractivity contribution in [1.82, 2.24) is 24.6 Å². The second-order valence-electron chi connectivity index (χ2n) is 9.52. The van der Waals surface area contributed by atoms with Crippen LogP contribution in [0.5, 0.6) is 0 Å². The van der Waals surface area contributed by atoms with Crippen molar-refractivity contribution in [2.45, 2.75) is 38.6 Å². The molecule has 0 aromatic carbocycles. The fourth-order valence-corrected chi connectivity index (χ4v) is 5.84. The molecule has 166 valence electrons. The lowest BCUT2D eigenvalue weighted by atomic mass is 9.76. The van der Waals surface area contributed by atoms with Gasteiger partial charge in [0.25, 0.3) is 5.91 Å². The largest absolute Gasteiger partial charge is 0.339 e. The normalized spacial score (nSPS) is 28.4. The van der Waals surface area contributed by atoms with Gasteiger partial charge in [0.2, 0.25) is 5.91 Å². The van der Waals surface area contributed by atoms with Crippen LogP contribution in [0.2, 0.25) is 0 Å². The van der Waals surface area contributed by atoms with Crippen LogP contribution in [0.3, 0.4) is 0 Å². The lowest BCUT2D eigenvalue weighted by Crippen LogP contribution is -2.63. The molecule has 0 spiro atoms. The van der Waals surface area contributed by atoms with Gasteiger partial charge in [0.1, 0.15) is 0 Å². The Hall–Kier alpha value is -2.64. The fourth-order valence-electron chi connectivity index (χ4n) is 5.84. The molecule has 4 aliphatic heterocycles. The van der Waals surface area contributed by atoms with Crippen LogP contribution in [-0.4, -0.2) is 94.3 Å². The van der Waals surface area contributed by atoms with E-state index < -0.39 is 0 Å². The summed E-state index contributed by atoms with van der Waals surface area (Å²) < 4.78 is 0. The molecule has 0 aliphatic carbocycles. The maximum atomic E-state index is 13.3. The quantitative estimate of drug-likeness (QED) is 0.685. The molecule has 8 heteroatoms. The highest BCUT2D eigenvalue weighted by Crippen LogP contribution is 2.38. The van der Waals surface area contributed by atoms with Crippen LogP contribution in [0.1, 0.15) is 41.7 Å². The summed E-state index contributed by atoms with van der Waals surface area (Å²) in [5, 5.41) is 0. The molecule has 2 bridgehead atoms. The van der Waals surface area contributed by atoms with E-state index in [1.807, 2.05) is 33.8 Å². The molecule has 4 amide bonds. The summed E-state index contributed by atoms with van der Waals surface area (Å²) in [7, 11) is 0. The number of aryl methyl sites for hydroxylation is 1. The minimum Gasteiger partial charge on any atom is -0.339 e. The number of fused-ring (bicyclic) bond motifs is 4. The van der Waals surface area contributed by atoms with Gasteiger partial charge in [-0.25, -0.2) is 4.79 Å². The maximum absolute atomic E-state index is 13.3. The number of hydrogen-bond acceptors (Lipinski definition) is 4. The number of urea groups is 1. The van der Waals surface area contributed by atoms with Crippen LogP contribution < -0.4 is 0 Å². The Morgan fingerprint density at radius 1 is 1.00 bits per heavy atom. The second kappa shape index (κ2) is 8.13. The van der Waals surface area contributed by atoms with E-state index in [4.69, 9.17) is 0 Å². The summed E-state index contributed by atoms with van der Waals surface area (Å²) in [6, 6.07) is 4.06. The zero-order valence-corrected chi connectivity index (χ0v) is 18.2. The lowest BCUT2D eigenvalue weighted by Gasteiger charge is -2.53. The third-order valence-electron chi connectivity index (χ3n) is 7.45. The van der Waals surface area contributed by atoms with Crippen molar-refractivity contribution in [3.05, 3.63) is 29.6 Å². The minimum atomic E-state index is -0.0193. The predicted octanol–water partition coefficient (Wildman–Crippen LogP) is 1.60. The van der Waals surface area contributed by atoms with Crippen LogP contribution in [0.15, 0.2) is 18.3 Å². The molecular weight excluding hydrogens is 394 g/mol. The number of pyridine rings is 1. The summed E-state index contributed by atoms with van der Waals surface area (Å²) in [6.07, 6.45) is 5.48. The molecule has 1 aromatic rings. The molecule has 1 aromatic heterocycles. The van der Waals surface area contributed by atoms with E-state index in [0.29, 0.717) is 61.9 Å². The third kappa shape index (κ3) is 3.88. The summed E-state index contributed by atoms with van der Waals surface area (Å²) >= 11 is 0. The third-order valence-corrected chi connectivity index (χ3v) is 7.45. The zero-order valence-electron chi connectivity index (χ0n) is 18.2. The lowest BCUT2D eigenvalue weighted by molar-refractivity contribution is -0.144. The molecule has 0 radical (unpaired) electrons. The average molecular weight is 426 g/mol. The molecule has 31 heavy (non-hydrogen) atoms. The van der Waals surface area contributed by atoms with E-state index in [2.05, 4.69) is 9.88 Å². The minimum absolute atomic E-state index is 0.0193. The van der Waals surface area contributed by atoms with Crippen LogP contribution in [0.4, 0.5) is 4.79 Å². The predicted molar refractivity (Wildman–Crippen MR) is 114 cm³/mol. The Balaban J connectivity index is 1.18. The standard InChI is InChI=1S/C23H31N5O3/c1-16-5-6-18(12-24-16)22(30)25-7-9-26(10-8-25)23(31)27-13-17-11-19(15-27)20-3-2-4-21(29)28(20)14-17/h5-6,12,17,19-20H,2-4,7-11,13-15H2,1H3/t17-,19-,20-/m1/s1. The fraction of sp³-hybridized carbons (Fsp3) is 0.652. The first-order valence-corrected chi connectivity index (χ1v) is 11.5. The first-order valence-electron chi connectivity index (χ1n) is 11.5. The monoisotopic (exact) mass is 425 g/mol. The smallest absolute Gasteiger partial charge is 0.320 e. The van der Waals surface area contributed by atoms with Gasteiger partial charge in [-0.1, -0.05) is 0 Å². The molecule has 8 nitrogen and oxygen atoms in total. The molecule has 4 fully saturated rings. The molecule has 4 aliphatic rings. The Morgan fingerprint density at radius 3 is 2.52 bits per heavy atom. The van der Waals surface area contributed by atoms with Gasteiger partial charge >= 0.3 is 6.03 Å². The Kier molecular flexibility index (Phi) is 5.32. The number of carbonyl (C=O) groups excluding carboxylic acids is 3. The molecule has 5 heterocycles. The van der Waals surface area contributed by atoms with E-state index in [1.54, 1.807) is 6.20 Å². The van der Waals surface area contributed by atoms with Gasteiger partial charge in [-0.15, -0.1) is 0 Å². The van der Waals surface area contributed by atoms with Crippen LogP contribution in [0.25, 0.3) is 0 Å². The zero-order chi connectivity index (χ0) is 21.5. The van der Waals surface area contributed by atoms with E-state index >= 15 is 0 Å². The van der Waals surface area contributed by atoms with Crippen molar-refractivity contribution < 1.29 is 14.4 Å². The van der Waals surface area contributed by atoms with Gasteiger partial charge in [-0.05, 0) is 50.2 Å². The maximum Gasteiger partial charge on any atom is 0.320 e. The topological polar surface area (TPSA) is 77.1 Å². The first kappa shape index (κ1) is 20.3. The summed E-state index contributed by atoms with van der Waals surface area (Å²) in [6.45, 7) is 6.40. The number of hydrogen-bond donors (Lipinski definition) is 0. The highest BCUT2D eigenvalue weighted by atomic mass is 16.2. The van der Waals surface area contributed by atoms with Crippen molar-refractivity contribution >= 4 is 17.8 Å². The Labute approximate surface area is 183 Å². The number of amides is 4. The van der Waals surface area contributed by atoms with E-state index in [9.17, 15) is 14.4 Å². The van der Waals surface area contributed by atoms with Gasteiger partial charge < -0.3 is 19.6 Å². The number of likely N-dealkylation sites (tertiary alicyclic amines) is 1. The molecule has 0 saturated carbocycles. The number of carbonyl (C=O) groups is 3. The molecule has 0 N–H and O–H groups in total. The van der Waals surface area contributed by atoms with Crippen molar-refractivity contribution in [2.24, 2.45) is 11.8 Å². The summed E-state index contributed by atoms with van der Waals surface area (Å²) in [5.74, 6) is 1.07. The highest BCUT2D eigenvalue weighted by molar-refractivity contribution is 5.94. The number of piperidine rings is 3. The first-order chi connectivity index (χ1) is 15.0. The van der Waals surface area contributed by atoms with E-state index in [-0.39, 0.29) is 11.9 Å². The summed E-state index contributed by atoms with van der Waals surface area (Å²) in [4.78, 5) is 50.3. The highest BCUT2D eigenvalue weighted by Gasteiger charge is 2.45. The number of nitrogens with zero attached hydrogens (tertiary/aromatic N) is 5. The van der Waals surface area contributed by atoms with Gasteiger partial charge in [-0.3, -0.25) is 14.6 Å². The second-order valence-corrected chi connectivity index (χ2v) is 9.52. The number of piperazine rings is 1. The van der Waals surface area contributed by atoms with Crippen LogP contribution in [0, 0.1) is 18.8 Å². The van der Waals surface area contributed by atoms with Gasteiger partial charge in [0.15, 0.2) is 0 Å². The van der Waals surface area contributed by atoms with Crippen molar-refractivity contribution in [2.75, 3.05) is 45.8 Å². The van der Waals surface area contributed by atoms with Crippen molar-refractivity contribution in [3.8, 4) is 0 Å². The van der Waals surface area contributed by atoms with E-state index in [0.717, 1.165) is 44.6 Å². The summed E-state index contributed by atoms with van der Waals surface area (Å²) in [5.41, 5.74) is 1.49. The van der Waals surface area contributed by atoms with Crippen molar-refractivity contribution in [1.29, 1.82) is 0 Å². The van der Waals surface area contributed by atoms with Gasteiger partial charge in [0, 0.05) is 70.2 Å². The van der Waals surface area contributed by atoms with Gasteiger partial charge in [-0.2, -0.15) is 0 Å². The van der Waals surface area contributed by atoms with Crippen LogP contribution in [-0.2, 0) is 4.79 Å². The number of aromatic nitrogens is 1. The average Bonchev–Trinajstić information content (AvgIpc) is 2.79. The van der Waals surface area contributed by atoms with E-state index in [1.165, 1.54) is 0 Å². The molecule has 0 unspecified atom stereocenters. The molecule has 5 rings (SSSR count). The Bertz CT molecular complexity index is 864. The van der Waals surface area contributed by atoms with Gasteiger partial charge in [0.05, 0.1) is 5.56 Å². The molecule has 4 saturated heterocycles. The van der Waals surface area contributed by atoms with Crippen LogP contribution >= 0.6 is 0 Å². The molecule has 3 atom stereocenters. The number of rotatable bonds is 1. The molecular formula is C23H31N5O3. The van der Waals surface area contributed by atoms with Crippen molar-refractivity contribution in [3.63, 3.8) is 0 Å². The Morgan fingerprint density at radius 2 is 1.77 bits per heavy atom.